The van der Waals surface area contributed by atoms with Crippen LogP contribution in [-0.4, -0.2) is 63.6 Å². The summed E-state index contributed by atoms with van der Waals surface area (Å²) in [5, 5.41) is 24.5. The van der Waals surface area contributed by atoms with Gasteiger partial charge in [0.2, 0.25) is 0 Å². The number of likely N-dealkylation sites (N-methyl/N-ethyl adjacent to an activating group) is 1. The number of benzene rings is 1. The highest BCUT2D eigenvalue weighted by Gasteiger charge is 2.69. The van der Waals surface area contributed by atoms with Crippen molar-refractivity contribution >= 4 is 16.3 Å². The minimum absolute atomic E-state index is 0.0193. The number of allylic oxidation sites excluding steroid dienone is 3. The Bertz CT molecular complexity index is 1270. The van der Waals surface area contributed by atoms with Crippen molar-refractivity contribution in [2.45, 2.75) is 74.9 Å². The van der Waals surface area contributed by atoms with E-state index in [1.54, 1.807) is 0 Å². The van der Waals surface area contributed by atoms with Crippen LogP contribution in [-0.2, 0) is 4.74 Å². The molecule has 5 aliphatic rings. The second kappa shape index (κ2) is 7.25. The van der Waals surface area contributed by atoms with Gasteiger partial charge in [0.1, 0.15) is 0 Å². The van der Waals surface area contributed by atoms with Crippen molar-refractivity contribution in [3.8, 4) is 0 Å². The van der Waals surface area contributed by atoms with Crippen LogP contribution in [0.3, 0.4) is 0 Å². The molecule has 1 aromatic carbocycles. The van der Waals surface area contributed by atoms with Crippen molar-refractivity contribution in [1.82, 2.24) is 9.88 Å². The van der Waals surface area contributed by atoms with Crippen molar-refractivity contribution < 1.29 is 14.9 Å². The SMILES string of the molecule is CN(C)[C@H]1C[C@@]23CC[C@@]4(O2)C(=CC[C@]2(C)C(c5ccc6ccncc6c5)=CC[C@H]24)CC3[C@@H](O)[C@@H]1O. The van der Waals surface area contributed by atoms with Gasteiger partial charge in [0.15, 0.2) is 0 Å². The molecule has 1 aromatic heterocycles. The smallest absolute Gasteiger partial charge is 0.0958 e. The maximum Gasteiger partial charge on any atom is 0.0958 e. The van der Waals surface area contributed by atoms with E-state index in [9.17, 15) is 10.2 Å². The van der Waals surface area contributed by atoms with Gasteiger partial charge in [-0.05, 0) is 86.8 Å². The lowest BCUT2D eigenvalue weighted by Gasteiger charge is -2.59. The molecule has 2 saturated heterocycles. The Labute approximate surface area is 207 Å². The molecule has 0 radical (unpaired) electrons. The molecule has 5 heteroatoms. The van der Waals surface area contributed by atoms with Gasteiger partial charge in [-0.3, -0.25) is 4.98 Å². The van der Waals surface area contributed by atoms with Crippen molar-refractivity contribution in [1.29, 1.82) is 0 Å². The topological polar surface area (TPSA) is 65.8 Å². The van der Waals surface area contributed by atoms with E-state index in [-0.39, 0.29) is 28.6 Å². The van der Waals surface area contributed by atoms with Gasteiger partial charge in [-0.25, -0.2) is 0 Å². The largest absolute Gasteiger partial charge is 0.390 e. The first kappa shape index (κ1) is 22.2. The molecule has 35 heavy (non-hydrogen) atoms. The van der Waals surface area contributed by atoms with Gasteiger partial charge >= 0.3 is 0 Å². The molecule has 2 spiro atoms. The molecule has 3 aliphatic carbocycles. The summed E-state index contributed by atoms with van der Waals surface area (Å²) in [5.74, 6) is 0.374. The number of aliphatic hydroxyl groups is 2. The van der Waals surface area contributed by atoms with Gasteiger partial charge in [0, 0.05) is 41.1 Å². The minimum atomic E-state index is -0.745. The zero-order chi connectivity index (χ0) is 24.2. The molecule has 2 N–H and O–H groups in total. The van der Waals surface area contributed by atoms with Crippen LogP contribution < -0.4 is 0 Å². The van der Waals surface area contributed by atoms with Crippen molar-refractivity contribution in [2.75, 3.05) is 14.1 Å². The normalized spacial score (nSPS) is 44.0. The fraction of sp³-hybridized carbons (Fsp3) is 0.567. The average molecular weight is 473 g/mol. The number of ether oxygens (including phenoxy) is 1. The lowest BCUT2D eigenvalue weighted by molar-refractivity contribution is -0.237. The monoisotopic (exact) mass is 472 g/mol. The quantitative estimate of drug-likeness (QED) is 0.637. The van der Waals surface area contributed by atoms with Crippen LogP contribution in [0.5, 0.6) is 0 Å². The zero-order valence-corrected chi connectivity index (χ0v) is 20.9. The fourth-order valence-electron chi connectivity index (χ4n) is 8.73. The van der Waals surface area contributed by atoms with Gasteiger partial charge < -0.3 is 19.8 Å². The van der Waals surface area contributed by atoms with Gasteiger partial charge in [0.25, 0.3) is 0 Å². The number of aliphatic hydroxyl groups excluding tert-OH is 2. The van der Waals surface area contributed by atoms with Crippen molar-refractivity contribution in [3.05, 3.63) is 59.9 Å². The third kappa shape index (κ3) is 2.81. The summed E-state index contributed by atoms with van der Waals surface area (Å²) in [7, 11) is 4.00. The fourth-order valence-corrected chi connectivity index (χ4v) is 8.73. The molecule has 3 heterocycles. The van der Waals surface area contributed by atoms with Crippen molar-refractivity contribution in [3.63, 3.8) is 0 Å². The number of rotatable bonds is 2. The molecule has 0 amide bonds. The van der Waals surface area contributed by atoms with E-state index in [0.29, 0.717) is 5.92 Å². The predicted octanol–water partition coefficient (Wildman–Crippen LogP) is 4.34. The first-order valence-electron chi connectivity index (χ1n) is 13.2. The first-order valence-corrected chi connectivity index (χ1v) is 13.2. The number of aromatic nitrogens is 1. The van der Waals surface area contributed by atoms with E-state index < -0.39 is 12.2 Å². The van der Waals surface area contributed by atoms with Crippen LogP contribution in [0, 0.1) is 17.3 Å². The third-order valence-electron chi connectivity index (χ3n) is 10.6. The van der Waals surface area contributed by atoms with Crippen LogP contribution in [0.2, 0.25) is 0 Å². The van der Waals surface area contributed by atoms with Crippen LogP contribution in [0.25, 0.3) is 16.3 Å². The summed E-state index contributed by atoms with van der Waals surface area (Å²) in [5.41, 5.74) is 3.54. The van der Waals surface area contributed by atoms with Gasteiger partial charge in [0.05, 0.1) is 23.4 Å². The summed E-state index contributed by atoms with van der Waals surface area (Å²) < 4.78 is 7.30. The van der Waals surface area contributed by atoms with Crippen molar-refractivity contribution in [2.24, 2.45) is 17.3 Å². The Balaban J connectivity index is 1.27. The maximum atomic E-state index is 11.2. The summed E-state index contributed by atoms with van der Waals surface area (Å²) in [6.07, 6.45) is 12.9. The zero-order valence-electron chi connectivity index (χ0n) is 20.9. The molecule has 3 fully saturated rings. The molecule has 8 atom stereocenters. The van der Waals surface area contributed by atoms with E-state index in [2.05, 4.69) is 53.2 Å². The summed E-state index contributed by atoms with van der Waals surface area (Å²) in [4.78, 5) is 6.40. The van der Waals surface area contributed by atoms with Gasteiger partial charge in [-0.2, -0.15) is 0 Å². The number of pyridine rings is 1. The maximum absolute atomic E-state index is 11.2. The third-order valence-corrected chi connectivity index (χ3v) is 10.6. The van der Waals surface area contributed by atoms with E-state index in [1.165, 1.54) is 27.5 Å². The van der Waals surface area contributed by atoms with E-state index in [1.807, 2.05) is 26.5 Å². The summed E-state index contributed by atoms with van der Waals surface area (Å²) in [6.45, 7) is 2.44. The Hall–Kier alpha value is -2.05. The molecule has 5 nitrogen and oxygen atoms in total. The van der Waals surface area contributed by atoms with Crippen LogP contribution >= 0.6 is 0 Å². The van der Waals surface area contributed by atoms with Crippen LogP contribution in [0.4, 0.5) is 0 Å². The molecule has 1 saturated carbocycles. The molecule has 2 aromatic rings. The van der Waals surface area contributed by atoms with E-state index in [4.69, 9.17) is 4.74 Å². The first-order chi connectivity index (χ1) is 16.8. The Kier molecular flexibility index (Phi) is 4.60. The van der Waals surface area contributed by atoms with E-state index in [0.717, 1.165) is 38.5 Å². The number of hydrogen-bond donors (Lipinski definition) is 2. The molecular formula is C30H36N2O3. The molecule has 2 aliphatic heterocycles. The molecule has 184 valence electrons. The number of hydrogen-bond acceptors (Lipinski definition) is 5. The highest BCUT2D eigenvalue weighted by molar-refractivity contribution is 5.87. The Morgan fingerprint density at radius 3 is 2.74 bits per heavy atom. The van der Waals surface area contributed by atoms with Crippen LogP contribution in [0.15, 0.2) is 54.4 Å². The number of nitrogens with zero attached hydrogens (tertiary/aromatic N) is 2. The minimum Gasteiger partial charge on any atom is -0.390 e. The molecular weight excluding hydrogens is 436 g/mol. The van der Waals surface area contributed by atoms with E-state index >= 15 is 0 Å². The van der Waals surface area contributed by atoms with Gasteiger partial charge in [-0.1, -0.05) is 31.2 Å². The number of fused-ring (bicyclic) bond motifs is 2. The summed E-state index contributed by atoms with van der Waals surface area (Å²) >= 11 is 0. The highest BCUT2D eigenvalue weighted by Crippen LogP contribution is 2.69. The summed E-state index contributed by atoms with van der Waals surface area (Å²) in [6, 6.07) is 8.78. The second-order valence-corrected chi connectivity index (χ2v) is 12.3. The molecule has 7 rings (SSSR count). The molecule has 1 unspecified atom stereocenters. The lowest BCUT2D eigenvalue weighted by Crippen LogP contribution is -2.66. The van der Waals surface area contributed by atoms with Crippen LogP contribution in [0.1, 0.15) is 51.0 Å². The standard InChI is InChI=1S/C30H36N2O3/c1-28-10-8-21-15-23-26(33)27(34)24(32(2)3)16-29(23)11-12-30(21,35-29)25(28)7-6-22(28)19-5-4-18-9-13-31-17-20(18)14-19/h4-6,8-9,13-14,17,23-27,33-34H,7,10-12,15-16H2,1-3H3/t23?,24-,25+,26+,27+,28+,29+,30+/m0/s1. The lowest BCUT2D eigenvalue weighted by atomic mass is 9.57. The molecule has 2 bridgehead atoms. The Morgan fingerprint density at radius 1 is 1.06 bits per heavy atom. The van der Waals surface area contributed by atoms with Gasteiger partial charge in [-0.15, -0.1) is 0 Å². The Morgan fingerprint density at radius 2 is 1.91 bits per heavy atom. The predicted molar refractivity (Wildman–Crippen MR) is 137 cm³/mol. The highest BCUT2D eigenvalue weighted by atomic mass is 16.5. The second-order valence-electron chi connectivity index (χ2n) is 12.3. The average Bonchev–Trinajstić information content (AvgIpc) is 3.37.